The molecule has 17 atom stereocenters. The van der Waals surface area contributed by atoms with Gasteiger partial charge in [-0.15, -0.1) is 0 Å². The van der Waals surface area contributed by atoms with Crippen molar-refractivity contribution in [2.45, 2.75) is 523 Å². The van der Waals surface area contributed by atoms with Crippen molar-refractivity contribution in [1.29, 1.82) is 0 Å². The molecule has 0 aliphatic carbocycles. The Balaban J connectivity index is 1.32. The Labute approximate surface area is 646 Å². The van der Waals surface area contributed by atoms with Crippen LogP contribution in [-0.2, 0) is 33.2 Å². The molecule has 12 N–H and O–H groups in total. The number of aliphatic hydroxyl groups is 11. The van der Waals surface area contributed by atoms with E-state index in [4.69, 9.17) is 28.4 Å². The molecule has 17 unspecified atom stereocenters. The summed E-state index contributed by atoms with van der Waals surface area (Å²) in [6.07, 6.45) is 55.0. The van der Waals surface area contributed by atoms with Crippen LogP contribution in [0.5, 0.6) is 0 Å². The second kappa shape index (κ2) is 68.2. The zero-order chi connectivity index (χ0) is 76.7. The Morgan fingerprint density at radius 3 is 0.821 bits per heavy atom. The van der Waals surface area contributed by atoms with Gasteiger partial charge >= 0.3 is 0 Å². The van der Waals surface area contributed by atoms with Crippen molar-refractivity contribution in [2.24, 2.45) is 0 Å². The Bertz CT molecular complexity index is 1910. The fraction of sp³-hybridized carbons (Fsp3) is 0.989. The molecule has 0 bridgehead atoms. The monoisotopic (exact) mass is 1520 g/mol. The first-order valence-electron chi connectivity index (χ1n) is 45.3. The number of carbonyl (C=O) groups is 1. The molecule has 0 aromatic carbocycles. The quantitative estimate of drug-likeness (QED) is 0.0252. The van der Waals surface area contributed by atoms with Crippen LogP contribution < -0.4 is 5.32 Å². The fourth-order valence-electron chi connectivity index (χ4n) is 16.0. The number of hydrogen-bond donors (Lipinski definition) is 12. The smallest absolute Gasteiger partial charge is 0.220 e. The van der Waals surface area contributed by atoms with Crippen LogP contribution in [0.4, 0.5) is 0 Å². The van der Waals surface area contributed by atoms with E-state index in [-0.39, 0.29) is 18.9 Å². The predicted molar refractivity (Wildman–Crippen MR) is 425 cm³/mol. The van der Waals surface area contributed by atoms with Gasteiger partial charge in [-0.25, -0.2) is 0 Å². The van der Waals surface area contributed by atoms with Gasteiger partial charge in [-0.3, -0.25) is 4.79 Å². The highest BCUT2D eigenvalue weighted by Crippen LogP contribution is 2.34. The summed E-state index contributed by atoms with van der Waals surface area (Å²) in [6.45, 7) is 1.89. The molecule has 1 amide bonds. The molecule has 0 aromatic rings. The molecular weight excluding hydrogens is 1350 g/mol. The van der Waals surface area contributed by atoms with Crippen molar-refractivity contribution in [3.8, 4) is 0 Å². The topological polar surface area (TPSA) is 307 Å². The first-order valence-corrected chi connectivity index (χ1v) is 45.3. The van der Waals surface area contributed by atoms with Crippen molar-refractivity contribution < 1.29 is 89.4 Å². The number of unbranched alkanes of at least 4 members (excludes halogenated alkanes) is 59. The second-order valence-corrected chi connectivity index (χ2v) is 32.8. The summed E-state index contributed by atoms with van der Waals surface area (Å²) in [6, 6.07) is -0.884. The van der Waals surface area contributed by atoms with E-state index in [9.17, 15) is 61.0 Å². The van der Waals surface area contributed by atoms with Gasteiger partial charge in [0.1, 0.15) is 73.2 Å². The van der Waals surface area contributed by atoms with E-state index in [0.29, 0.717) is 12.8 Å². The van der Waals surface area contributed by atoms with Crippen LogP contribution in [0.25, 0.3) is 0 Å². The van der Waals surface area contributed by atoms with E-state index in [1.807, 2.05) is 0 Å². The minimum absolute atomic E-state index is 0.231. The van der Waals surface area contributed by atoms with Crippen LogP contribution in [0.3, 0.4) is 0 Å². The molecule has 3 heterocycles. The zero-order valence-corrected chi connectivity index (χ0v) is 68.0. The Kier molecular flexibility index (Phi) is 63.7. The molecule has 0 radical (unpaired) electrons. The summed E-state index contributed by atoms with van der Waals surface area (Å²) in [5.41, 5.74) is 0. The molecule has 0 saturated carbocycles. The molecule has 3 saturated heterocycles. The lowest BCUT2D eigenvalue weighted by molar-refractivity contribution is -0.379. The highest BCUT2D eigenvalue weighted by Gasteiger charge is 2.54. The van der Waals surface area contributed by atoms with E-state index in [2.05, 4.69) is 19.2 Å². The van der Waals surface area contributed by atoms with Gasteiger partial charge in [0.05, 0.1) is 38.6 Å². The van der Waals surface area contributed by atoms with Gasteiger partial charge in [0, 0.05) is 6.42 Å². The predicted octanol–water partition coefficient (Wildman–Crippen LogP) is 16.9. The average molecular weight is 1520 g/mol. The van der Waals surface area contributed by atoms with Gasteiger partial charge in [-0.1, -0.05) is 399 Å². The standard InChI is InChI=1S/C87H169NO18/c1-3-5-7-9-11-13-15-17-19-21-23-25-27-29-31-33-35-37-39-41-43-45-47-49-51-53-55-57-59-61-63-65-75(93)88-70(71(92)64-62-60-58-56-54-52-50-48-46-44-42-40-38-36-34-32-30-28-26-24-22-20-18-16-14-12-10-8-6-4-2)69-101-85-81(99)78(96)83(73(67-90)103-85)106-87-82(100)79(97)84(74(68-91)104-87)105-86-80(98)77(95)76(94)72(66-89)102-86/h70-74,76-87,89-92,94-100H,3-69H2,1-2H3,(H,88,93). The van der Waals surface area contributed by atoms with Crippen molar-refractivity contribution in [2.75, 3.05) is 26.4 Å². The molecule has 3 rings (SSSR count). The van der Waals surface area contributed by atoms with Gasteiger partial charge in [0.2, 0.25) is 5.91 Å². The van der Waals surface area contributed by atoms with Gasteiger partial charge < -0.3 is 89.9 Å². The Morgan fingerprint density at radius 1 is 0.302 bits per heavy atom. The number of rotatable bonds is 75. The van der Waals surface area contributed by atoms with Crippen molar-refractivity contribution in [3.63, 3.8) is 0 Å². The maximum absolute atomic E-state index is 13.5. The van der Waals surface area contributed by atoms with E-state index in [1.54, 1.807) is 0 Å². The lowest BCUT2D eigenvalue weighted by Gasteiger charge is -2.48. The summed E-state index contributed by atoms with van der Waals surface area (Å²) in [4.78, 5) is 13.5. The van der Waals surface area contributed by atoms with Crippen LogP contribution in [-0.4, -0.2) is 193 Å². The van der Waals surface area contributed by atoms with Gasteiger partial charge in [-0.05, 0) is 12.8 Å². The molecule has 3 aliphatic heterocycles. The third-order valence-electron chi connectivity index (χ3n) is 23.2. The second-order valence-electron chi connectivity index (χ2n) is 32.8. The molecular formula is C87H169NO18. The number of nitrogens with one attached hydrogen (secondary N) is 1. The minimum Gasteiger partial charge on any atom is -0.394 e. The maximum Gasteiger partial charge on any atom is 0.220 e. The number of carbonyl (C=O) groups excluding carboxylic acids is 1. The zero-order valence-electron chi connectivity index (χ0n) is 68.0. The van der Waals surface area contributed by atoms with Crippen LogP contribution in [0.15, 0.2) is 0 Å². The Hall–Kier alpha value is -1.21. The molecule has 0 spiro atoms. The van der Waals surface area contributed by atoms with E-state index < -0.39 is 124 Å². The highest BCUT2D eigenvalue weighted by molar-refractivity contribution is 5.76. The third-order valence-corrected chi connectivity index (χ3v) is 23.2. The minimum atomic E-state index is -1.97. The van der Waals surface area contributed by atoms with Crippen molar-refractivity contribution in [1.82, 2.24) is 5.32 Å². The van der Waals surface area contributed by atoms with Crippen LogP contribution >= 0.6 is 0 Å². The number of aliphatic hydroxyl groups excluding tert-OH is 11. The van der Waals surface area contributed by atoms with Crippen molar-refractivity contribution >= 4 is 5.91 Å². The summed E-state index contributed by atoms with van der Waals surface area (Å²) in [5.74, 6) is -0.231. The molecule has 106 heavy (non-hydrogen) atoms. The third kappa shape index (κ3) is 46.8. The molecule has 19 nitrogen and oxygen atoms in total. The van der Waals surface area contributed by atoms with E-state index >= 15 is 0 Å². The first-order chi connectivity index (χ1) is 51.8. The summed E-state index contributed by atoms with van der Waals surface area (Å²) >= 11 is 0. The first kappa shape index (κ1) is 99.0. The maximum atomic E-state index is 13.5. The molecule has 630 valence electrons. The lowest BCUT2D eigenvalue weighted by atomic mass is 9.96. The SMILES string of the molecule is CCCCCCCCCCCCCCCCCCCCCCCCCCCCCCCCCC(=O)NC(COC1OC(CO)C(OC2OC(CO)C(OC3OC(CO)C(O)C(O)C3O)C(O)C2O)C(O)C1O)C(O)CCCCCCCCCCCCCCCCCCCCCCCCCCCCCCCC. The molecule has 19 heteroatoms. The Morgan fingerprint density at radius 2 is 0.538 bits per heavy atom. The van der Waals surface area contributed by atoms with Gasteiger partial charge in [0.25, 0.3) is 0 Å². The largest absolute Gasteiger partial charge is 0.394 e. The van der Waals surface area contributed by atoms with Gasteiger partial charge in [-0.2, -0.15) is 0 Å². The number of ether oxygens (including phenoxy) is 6. The lowest BCUT2D eigenvalue weighted by Crippen LogP contribution is -2.66. The molecule has 0 aromatic heterocycles. The summed E-state index contributed by atoms with van der Waals surface area (Å²) < 4.78 is 34.6. The fourth-order valence-corrected chi connectivity index (χ4v) is 16.0. The van der Waals surface area contributed by atoms with Crippen LogP contribution in [0, 0.1) is 0 Å². The average Bonchev–Trinajstić information content (AvgIpc) is 0.780. The van der Waals surface area contributed by atoms with Crippen LogP contribution in [0.2, 0.25) is 0 Å². The number of amides is 1. The molecule has 3 aliphatic rings. The summed E-state index contributed by atoms with van der Waals surface area (Å²) in [7, 11) is 0. The normalized spacial score (nSPS) is 25.5. The van der Waals surface area contributed by atoms with Gasteiger partial charge in [0.15, 0.2) is 18.9 Å². The molecule has 3 fully saturated rings. The highest BCUT2D eigenvalue weighted by atomic mass is 16.8. The van der Waals surface area contributed by atoms with Crippen molar-refractivity contribution in [3.05, 3.63) is 0 Å². The summed E-state index contributed by atoms with van der Waals surface area (Å²) in [5, 5.41) is 121. The number of hydrogen-bond acceptors (Lipinski definition) is 18. The van der Waals surface area contributed by atoms with Crippen LogP contribution in [0.1, 0.15) is 418 Å². The van der Waals surface area contributed by atoms with E-state index in [0.717, 1.165) is 44.9 Å². The van der Waals surface area contributed by atoms with E-state index in [1.165, 1.54) is 340 Å².